The summed E-state index contributed by atoms with van der Waals surface area (Å²) in [6.07, 6.45) is 4.32. The van der Waals surface area contributed by atoms with Gasteiger partial charge in [0.25, 0.3) is 0 Å². The fraction of sp³-hybridized carbons (Fsp3) is 0.643. The maximum Gasteiger partial charge on any atom is 0.213 e. The molecule has 0 atom stereocenters. The molecule has 2 rings (SSSR count). The standard InChI is InChI=1S/C14H23N3O2/c1-18-8-9-19-14-3-2-13(11-17-14)16-10-12-4-6-15-7-5-12/h2-3,11-12,15-16H,4-10H2,1H3. The van der Waals surface area contributed by atoms with Gasteiger partial charge in [-0.2, -0.15) is 0 Å². The molecule has 1 aliphatic rings. The zero-order chi connectivity index (χ0) is 13.3. The molecule has 0 radical (unpaired) electrons. The molecule has 106 valence electrons. The van der Waals surface area contributed by atoms with Crippen molar-refractivity contribution in [1.82, 2.24) is 10.3 Å². The van der Waals surface area contributed by atoms with Gasteiger partial charge in [0.05, 0.1) is 18.5 Å². The molecule has 0 amide bonds. The number of anilines is 1. The van der Waals surface area contributed by atoms with E-state index in [1.165, 1.54) is 12.8 Å². The van der Waals surface area contributed by atoms with Crippen molar-refractivity contribution in [3.63, 3.8) is 0 Å². The molecule has 0 saturated carbocycles. The Hall–Kier alpha value is -1.33. The molecule has 0 bridgehead atoms. The predicted molar refractivity (Wildman–Crippen MR) is 75.7 cm³/mol. The SMILES string of the molecule is COCCOc1ccc(NCC2CCNCC2)cn1. The number of rotatable bonds is 7. The van der Waals surface area contributed by atoms with Crippen molar-refractivity contribution < 1.29 is 9.47 Å². The lowest BCUT2D eigenvalue weighted by atomic mass is 9.98. The van der Waals surface area contributed by atoms with Gasteiger partial charge in [-0.3, -0.25) is 0 Å². The molecule has 1 aromatic rings. The van der Waals surface area contributed by atoms with Crippen LogP contribution in [0.2, 0.25) is 0 Å². The highest BCUT2D eigenvalue weighted by Gasteiger charge is 2.12. The third-order valence-corrected chi connectivity index (χ3v) is 3.33. The summed E-state index contributed by atoms with van der Waals surface area (Å²) in [6.45, 7) is 4.41. The Morgan fingerprint density at radius 3 is 2.84 bits per heavy atom. The quantitative estimate of drug-likeness (QED) is 0.732. The van der Waals surface area contributed by atoms with E-state index in [0.717, 1.165) is 31.2 Å². The molecule has 0 aliphatic carbocycles. The Balaban J connectivity index is 1.71. The average Bonchev–Trinajstić information content (AvgIpc) is 2.48. The number of pyridine rings is 1. The van der Waals surface area contributed by atoms with E-state index in [1.54, 1.807) is 7.11 Å². The lowest BCUT2D eigenvalue weighted by Gasteiger charge is -2.23. The van der Waals surface area contributed by atoms with E-state index in [2.05, 4.69) is 15.6 Å². The van der Waals surface area contributed by atoms with Gasteiger partial charge in [-0.1, -0.05) is 0 Å². The monoisotopic (exact) mass is 265 g/mol. The second-order valence-corrected chi connectivity index (χ2v) is 4.80. The van der Waals surface area contributed by atoms with Crippen LogP contribution in [0.4, 0.5) is 5.69 Å². The van der Waals surface area contributed by atoms with E-state index in [4.69, 9.17) is 9.47 Å². The largest absolute Gasteiger partial charge is 0.475 e. The smallest absolute Gasteiger partial charge is 0.213 e. The summed E-state index contributed by atoms with van der Waals surface area (Å²) in [5.41, 5.74) is 1.05. The number of piperidine rings is 1. The Kier molecular flexibility index (Phi) is 5.91. The van der Waals surface area contributed by atoms with Crippen LogP contribution < -0.4 is 15.4 Å². The maximum atomic E-state index is 5.42. The molecule has 1 saturated heterocycles. The molecule has 19 heavy (non-hydrogen) atoms. The molecular formula is C14H23N3O2. The van der Waals surface area contributed by atoms with Gasteiger partial charge >= 0.3 is 0 Å². The maximum absolute atomic E-state index is 5.42. The number of nitrogens with one attached hydrogen (secondary N) is 2. The van der Waals surface area contributed by atoms with Crippen molar-refractivity contribution in [2.75, 3.05) is 45.3 Å². The normalized spacial score (nSPS) is 16.3. The summed E-state index contributed by atoms with van der Waals surface area (Å²) in [5.74, 6) is 1.41. The average molecular weight is 265 g/mol. The van der Waals surface area contributed by atoms with Crippen LogP contribution in [0.3, 0.4) is 0 Å². The second kappa shape index (κ2) is 7.96. The van der Waals surface area contributed by atoms with E-state index >= 15 is 0 Å². The molecular weight excluding hydrogens is 242 g/mol. The molecule has 1 aromatic heterocycles. The van der Waals surface area contributed by atoms with Crippen molar-refractivity contribution >= 4 is 5.69 Å². The molecule has 5 nitrogen and oxygen atoms in total. The van der Waals surface area contributed by atoms with Crippen molar-refractivity contribution in [1.29, 1.82) is 0 Å². The van der Waals surface area contributed by atoms with Gasteiger partial charge in [0.15, 0.2) is 0 Å². The van der Waals surface area contributed by atoms with Gasteiger partial charge < -0.3 is 20.1 Å². The van der Waals surface area contributed by atoms with Crippen LogP contribution in [0.15, 0.2) is 18.3 Å². The van der Waals surface area contributed by atoms with Crippen molar-refractivity contribution in [3.8, 4) is 5.88 Å². The third kappa shape index (κ3) is 5.04. The van der Waals surface area contributed by atoms with Crippen molar-refractivity contribution in [3.05, 3.63) is 18.3 Å². The summed E-state index contributed by atoms with van der Waals surface area (Å²) < 4.78 is 10.3. The van der Waals surface area contributed by atoms with Crippen LogP contribution in [-0.2, 0) is 4.74 Å². The highest BCUT2D eigenvalue weighted by atomic mass is 16.5. The first kappa shape index (κ1) is 14.1. The van der Waals surface area contributed by atoms with Gasteiger partial charge in [0.1, 0.15) is 6.61 Å². The van der Waals surface area contributed by atoms with Gasteiger partial charge in [-0.15, -0.1) is 0 Å². The Morgan fingerprint density at radius 1 is 1.32 bits per heavy atom. The molecule has 1 fully saturated rings. The number of hydrogen-bond acceptors (Lipinski definition) is 5. The number of nitrogens with zero attached hydrogens (tertiary/aromatic N) is 1. The highest BCUT2D eigenvalue weighted by molar-refractivity contribution is 5.42. The van der Waals surface area contributed by atoms with Crippen LogP contribution in [-0.4, -0.2) is 44.9 Å². The molecule has 0 aromatic carbocycles. The van der Waals surface area contributed by atoms with E-state index in [9.17, 15) is 0 Å². The second-order valence-electron chi connectivity index (χ2n) is 4.80. The lowest BCUT2D eigenvalue weighted by Crippen LogP contribution is -2.31. The van der Waals surface area contributed by atoms with Gasteiger partial charge in [0, 0.05) is 19.7 Å². The number of ether oxygens (including phenoxy) is 2. The highest BCUT2D eigenvalue weighted by Crippen LogP contribution is 2.15. The van der Waals surface area contributed by atoms with Crippen molar-refractivity contribution in [2.45, 2.75) is 12.8 Å². The predicted octanol–water partition coefficient (Wildman–Crippen LogP) is 1.52. The first-order chi connectivity index (χ1) is 9.38. The number of hydrogen-bond donors (Lipinski definition) is 2. The summed E-state index contributed by atoms with van der Waals surface area (Å²) >= 11 is 0. The number of methoxy groups -OCH3 is 1. The summed E-state index contributed by atoms with van der Waals surface area (Å²) in [5, 5.41) is 6.82. The molecule has 1 aliphatic heterocycles. The van der Waals surface area contributed by atoms with Crippen LogP contribution >= 0.6 is 0 Å². The Morgan fingerprint density at radius 2 is 2.16 bits per heavy atom. The van der Waals surface area contributed by atoms with Gasteiger partial charge in [0.2, 0.25) is 5.88 Å². The van der Waals surface area contributed by atoms with Crippen molar-refractivity contribution in [2.24, 2.45) is 5.92 Å². The Labute approximate surface area is 114 Å². The first-order valence-corrected chi connectivity index (χ1v) is 6.91. The lowest BCUT2D eigenvalue weighted by molar-refractivity contribution is 0.144. The number of aromatic nitrogens is 1. The van der Waals surface area contributed by atoms with Crippen LogP contribution in [0, 0.1) is 5.92 Å². The van der Waals surface area contributed by atoms with E-state index in [-0.39, 0.29) is 0 Å². The fourth-order valence-electron chi connectivity index (χ4n) is 2.15. The Bertz CT molecular complexity index is 350. The van der Waals surface area contributed by atoms with Crippen LogP contribution in [0.5, 0.6) is 5.88 Å². The van der Waals surface area contributed by atoms with Crippen LogP contribution in [0.25, 0.3) is 0 Å². The summed E-state index contributed by atoms with van der Waals surface area (Å²) in [7, 11) is 1.66. The zero-order valence-electron chi connectivity index (χ0n) is 11.5. The molecule has 0 spiro atoms. The van der Waals surface area contributed by atoms with Crippen LogP contribution in [0.1, 0.15) is 12.8 Å². The molecule has 2 N–H and O–H groups in total. The minimum Gasteiger partial charge on any atom is -0.475 e. The summed E-state index contributed by atoms with van der Waals surface area (Å²) in [6, 6.07) is 3.90. The topological polar surface area (TPSA) is 55.4 Å². The van der Waals surface area contributed by atoms with Gasteiger partial charge in [-0.25, -0.2) is 4.98 Å². The fourth-order valence-corrected chi connectivity index (χ4v) is 2.15. The van der Waals surface area contributed by atoms with E-state index in [0.29, 0.717) is 19.1 Å². The molecule has 0 unspecified atom stereocenters. The first-order valence-electron chi connectivity index (χ1n) is 6.91. The van der Waals surface area contributed by atoms with E-state index in [1.807, 2.05) is 18.3 Å². The van der Waals surface area contributed by atoms with Gasteiger partial charge in [-0.05, 0) is 37.9 Å². The third-order valence-electron chi connectivity index (χ3n) is 3.33. The minimum absolute atomic E-state index is 0.533. The minimum atomic E-state index is 0.533. The molecule has 5 heteroatoms. The molecule has 2 heterocycles. The van der Waals surface area contributed by atoms with E-state index < -0.39 is 0 Å². The zero-order valence-corrected chi connectivity index (χ0v) is 11.5. The summed E-state index contributed by atoms with van der Waals surface area (Å²) in [4.78, 5) is 4.26.